The highest BCUT2D eigenvalue weighted by Crippen LogP contribution is 2.31. The molecule has 7 nitrogen and oxygen atoms in total. The molecule has 2 heterocycles. The molecule has 0 aliphatic carbocycles. The van der Waals surface area contributed by atoms with Crippen LogP contribution in [0.15, 0.2) is 53.4 Å². The Balaban J connectivity index is 1.46. The summed E-state index contributed by atoms with van der Waals surface area (Å²) in [6.07, 6.45) is 3.15. The van der Waals surface area contributed by atoms with Crippen LogP contribution in [0.5, 0.6) is 11.5 Å². The van der Waals surface area contributed by atoms with Gasteiger partial charge in [-0.1, -0.05) is 12.1 Å². The number of carbonyl (C=O) groups is 1. The number of fused-ring (bicyclic) bond motifs is 1. The maximum absolute atomic E-state index is 12.6. The molecule has 0 N–H and O–H groups in total. The molecule has 0 spiro atoms. The van der Waals surface area contributed by atoms with Gasteiger partial charge in [0.1, 0.15) is 13.2 Å². The number of nitrogens with zero attached hydrogens (tertiary/aromatic N) is 1. The van der Waals surface area contributed by atoms with E-state index in [1.807, 2.05) is 18.2 Å². The normalized spacial score (nSPS) is 17.4. The summed E-state index contributed by atoms with van der Waals surface area (Å²) in [7, 11) is -3.57. The molecule has 4 rings (SSSR count). The molecule has 1 saturated heterocycles. The topological polar surface area (TPSA) is 82.1 Å². The van der Waals surface area contributed by atoms with Crippen molar-refractivity contribution in [1.82, 2.24) is 4.31 Å². The van der Waals surface area contributed by atoms with Crippen molar-refractivity contribution < 1.29 is 27.4 Å². The summed E-state index contributed by atoms with van der Waals surface area (Å²) in [6.45, 7) is 2.47. The number of sulfonamides is 1. The number of hydrogen-bond donors (Lipinski definition) is 0. The quantitative estimate of drug-likeness (QED) is 0.551. The zero-order valence-corrected chi connectivity index (χ0v) is 16.6. The van der Waals surface area contributed by atoms with Crippen LogP contribution >= 0.6 is 0 Å². The fourth-order valence-corrected chi connectivity index (χ4v) is 4.57. The third-order valence-electron chi connectivity index (χ3n) is 4.74. The molecule has 2 aromatic carbocycles. The summed E-state index contributed by atoms with van der Waals surface area (Å²) in [5.41, 5.74) is 1.23. The van der Waals surface area contributed by atoms with Crippen LogP contribution in [0.1, 0.15) is 15.9 Å². The number of hydrogen-bond acceptors (Lipinski definition) is 6. The van der Waals surface area contributed by atoms with Crippen molar-refractivity contribution in [2.75, 3.05) is 39.5 Å². The highest BCUT2D eigenvalue weighted by molar-refractivity contribution is 7.89. The largest absolute Gasteiger partial charge is 0.486 e. The third-order valence-corrected chi connectivity index (χ3v) is 6.65. The maximum atomic E-state index is 12.6. The Morgan fingerprint density at radius 3 is 2.31 bits per heavy atom. The van der Waals surface area contributed by atoms with Crippen molar-refractivity contribution in [3.63, 3.8) is 0 Å². The second-order valence-corrected chi connectivity index (χ2v) is 8.58. The zero-order chi connectivity index (χ0) is 20.3. The molecule has 2 aromatic rings. The van der Waals surface area contributed by atoms with Crippen LogP contribution in [0.3, 0.4) is 0 Å². The molecule has 2 aliphatic heterocycles. The number of allylic oxidation sites excluding steroid dienone is 1. The van der Waals surface area contributed by atoms with Gasteiger partial charge in [0.2, 0.25) is 10.0 Å². The van der Waals surface area contributed by atoms with Crippen LogP contribution in [-0.2, 0) is 14.8 Å². The van der Waals surface area contributed by atoms with E-state index in [0.29, 0.717) is 56.6 Å². The molecule has 8 heteroatoms. The first-order chi connectivity index (χ1) is 14.0. The van der Waals surface area contributed by atoms with E-state index in [-0.39, 0.29) is 10.7 Å². The van der Waals surface area contributed by atoms with Gasteiger partial charge in [0.05, 0.1) is 18.1 Å². The molecule has 0 bridgehead atoms. The smallest absolute Gasteiger partial charge is 0.243 e. The van der Waals surface area contributed by atoms with E-state index in [0.717, 1.165) is 5.56 Å². The van der Waals surface area contributed by atoms with Gasteiger partial charge >= 0.3 is 0 Å². The molecule has 2 aliphatic rings. The van der Waals surface area contributed by atoms with Gasteiger partial charge in [-0.25, -0.2) is 8.42 Å². The highest BCUT2D eigenvalue weighted by atomic mass is 32.2. The Bertz CT molecular complexity index is 1020. The fourth-order valence-electron chi connectivity index (χ4n) is 3.16. The van der Waals surface area contributed by atoms with Crippen molar-refractivity contribution in [1.29, 1.82) is 0 Å². The number of morpholine rings is 1. The van der Waals surface area contributed by atoms with Gasteiger partial charge in [0.15, 0.2) is 17.3 Å². The van der Waals surface area contributed by atoms with E-state index >= 15 is 0 Å². The van der Waals surface area contributed by atoms with E-state index in [1.165, 1.54) is 34.6 Å². The second kappa shape index (κ2) is 8.36. The van der Waals surface area contributed by atoms with Gasteiger partial charge in [-0.2, -0.15) is 4.31 Å². The number of carbonyl (C=O) groups excluding carboxylic acids is 1. The number of rotatable bonds is 5. The lowest BCUT2D eigenvalue weighted by molar-refractivity contribution is 0.0730. The van der Waals surface area contributed by atoms with Crippen LogP contribution in [0, 0.1) is 0 Å². The first-order valence-corrected chi connectivity index (χ1v) is 10.8. The van der Waals surface area contributed by atoms with Gasteiger partial charge in [-0.15, -0.1) is 0 Å². The van der Waals surface area contributed by atoms with E-state index < -0.39 is 10.0 Å². The standard InChI is InChI=1S/C21H21NO6S/c23-19(7-1-16-2-8-20-21(15-16)28-14-13-27-20)17-3-5-18(6-4-17)29(24,25)22-9-11-26-12-10-22/h1-8,15H,9-14H2/b7-1+. The lowest BCUT2D eigenvalue weighted by Gasteiger charge is -2.26. The van der Waals surface area contributed by atoms with Crippen LogP contribution in [-0.4, -0.2) is 58.0 Å². The first-order valence-electron chi connectivity index (χ1n) is 9.34. The van der Waals surface area contributed by atoms with E-state index in [1.54, 1.807) is 6.08 Å². The Morgan fingerprint density at radius 1 is 0.897 bits per heavy atom. The summed E-state index contributed by atoms with van der Waals surface area (Å²) in [6, 6.07) is 11.5. The third kappa shape index (κ3) is 4.34. The van der Waals surface area contributed by atoms with Crippen molar-refractivity contribution in [2.45, 2.75) is 4.90 Å². The number of benzene rings is 2. The Labute approximate surface area is 169 Å². The van der Waals surface area contributed by atoms with E-state index in [2.05, 4.69) is 0 Å². The minimum absolute atomic E-state index is 0.173. The van der Waals surface area contributed by atoms with Gasteiger partial charge in [-0.05, 0) is 48.0 Å². The summed E-state index contributed by atoms with van der Waals surface area (Å²) in [4.78, 5) is 12.6. The summed E-state index contributed by atoms with van der Waals surface area (Å²) < 4.78 is 42.9. The van der Waals surface area contributed by atoms with E-state index in [9.17, 15) is 13.2 Å². The van der Waals surface area contributed by atoms with Gasteiger partial charge in [0.25, 0.3) is 0 Å². The summed E-state index contributed by atoms with van der Waals surface area (Å²) in [5, 5.41) is 0. The Morgan fingerprint density at radius 2 is 1.59 bits per heavy atom. The molecule has 0 radical (unpaired) electrons. The molecule has 0 saturated carbocycles. The van der Waals surface area contributed by atoms with Crippen molar-refractivity contribution >= 4 is 21.9 Å². The lowest BCUT2D eigenvalue weighted by Crippen LogP contribution is -2.40. The molecule has 1 fully saturated rings. The Kier molecular flexibility index (Phi) is 5.66. The van der Waals surface area contributed by atoms with Gasteiger partial charge in [-0.3, -0.25) is 4.79 Å². The average Bonchev–Trinajstić information content (AvgIpc) is 2.78. The van der Waals surface area contributed by atoms with Gasteiger partial charge in [0, 0.05) is 18.7 Å². The van der Waals surface area contributed by atoms with Gasteiger partial charge < -0.3 is 14.2 Å². The minimum Gasteiger partial charge on any atom is -0.486 e. The highest BCUT2D eigenvalue weighted by Gasteiger charge is 2.26. The first kappa shape index (κ1) is 19.6. The lowest BCUT2D eigenvalue weighted by atomic mass is 10.1. The number of ketones is 1. The maximum Gasteiger partial charge on any atom is 0.243 e. The molecule has 152 valence electrons. The Hall–Kier alpha value is -2.68. The van der Waals surface area contributed by atoms with Crippen LogP contribution < -0.4 is 9.47 Å². The summed E-state index contributed by atoms with van der Waals surface area (Å²) in [5.74, 6) is 1.13. The zero-order valence-electron chi connectivity index (χ0n) is 15.7. The van der Waals surface area contributed by atoms with Crippen molar-refractivity contribution in [3.8, 4) is 11.5 Å². The SMILES string of the molecule is O=C(/C=C/c1ccc2c(c1)OCCO2)c1ccc(S(=O)(=O)N2CCOCC2)cc1. The fraction of sp³-hybridized carbons (Fsp3) is 0.286. The van der Waals surface area contributed by atoms with Crippen LogP contribution in [0.2, 0.25) is 0 Å². The van der Waals surface area contributed by atoms with E-state index in [4.69, 9.17) is 14.2 Å². The predicted octanol–water partition coefficient (Wildman–Crippen LogP) is 2.37. The second-order valence-electron chi connectivity index (χ2n) is 6.64. The summed E-state index contributed by atoms with van der Waals surface area (Å²) >= 11 is 0. The molecule has 0 atom stereocenters. The molecule has 29 heavy (non-hydrogen) atoms. The average molecular weight is 415 g/mol. The molecular weight excluding hydrogens is 394 g/mol. The molecule has 0 aromatic heterocycles. The molecule has 0 amide bonds. The molecule has 0 unspecified atom stereocenters. The monoisotopic (exact) mass is 415 g/mol. The van der Waals surface area contributed by atoms with Crippen molar-refractivity contribution in [3.05, 3.63) is 59.7 Å². The number of ether oxygens (including phenoxy) is 3. The van der Waals surface area contributed by atoms with Crippen LogP contribution in [0.4, 0.5) is 0 Å². The molecular formula is C21H21NO6S. The van der Waals surface area contributed by atoms with Crippen LogP contribution in [0.25, 0.3) is 6.08 Å². The minimum atomic E-state index is -3.57. The predicted molar refractivity (Wildman–Crippen MR) is 107 cm³/mol. The van der Waals surface area contributed by atoms with Crippen molar-refractivity contribution in [2.24, 2.45) is 0 Å².